The zero-order valence-corrected chi connectivity index (χ0v) is 14.5. The fraction of sp³-hybridized carbons (Fsp3) is 0.278. The molecule has 3 rings (SSSR count). The van der Waals surface area contributed by atoms with Crippen LogP contribution >= 0.6 is 11.3 Å². The number of para-hydroxylation sites is 1. The van der Waals surface area contributed by atoms with Gasteiger partial charge in [0.05, 0.1) is 17.3 Å². The average Bonchev–Trinajstić information content (AvgIpc) is 3.03. The Bertz CT molecular complexity index is 914. The van der Waals surface area contributed by atoms with Gasteiger partial charge < -0.3 is 0 Å². The quantitative estimate of drug-likeness (QED) is 0.776. The van der Waals surface area contributed by atoms with E-state index >= 15 is 0 Å². The number of aromatic nitrogens is 2. The Balaban J connectivity index is 1.99. The summed E-state index contributed by atoms with van der Waals surface area (Å²) in [5, 5.41) is 2.43. The number of fused-ring (bicyclic) bond motifs is 1. The normalized spacial score (nSPS) is 11.1. The van der Waals surface area contributed by atoms with Gasteiger partial charge in [-0.1, -0.05) is 32.0 Å². The van der Waals surface area contributed by atoms with Gasteiger partial charge in [-0.25, -0.2) is 9.66 Å². The molecule has 0 spiro atoms. The van der Waals surface area contributed by atoms with Gasteiger partial charge in [0.1, 0.15) is 5.82 Å². The molecule has 1 N–H and O–H groups in total. The molecule has 24 heavy (non-hydrogen) atoms. The van der Waals surface area contributed by atoms with Gasteiger partial charge in [0.2, 0.25) is 5.91 Å². The van der Waals surface area contributed by atoms with E-state index < -0.39 is 0 Å². The van der Waals surface area contributed by atoms with E-state index in [4.69, 9.17) is 0 Å². The van der Waals surface area contributed by atoms with Gasteiger partial charge in [-0.15, -0.1) is 11.3 Å². The fourth-order valence-electron chi connectivity index (χ4n) is 2.53. The second-order valence-electron chi connectivity index (χ2n) is 6.07. The average molecular weight is 341 g/mol. The minimum Gasteiger partial charge on any atom is -0.273 e. The third-order valence-corrected chi connectivity index (χ3v) is 4.46. The molecule has 0 aliphatic heterocycles. The maximum absolute atomic E-state index is 12.8. The summed E-state index contributed by atoms with van der Waals surface area (Å²) in [4.78, 5) is 30.6. The smallest absolute Gasteiger partial charge is 0.273 e. The zero-order chi connectivity index (χ0) is 17.1. The lowest BCUT2D eigenvalue weighted by Gasteiger charge is -2.15. The van der Waals surface area contributed by atoms with Gasteiger partial charge in [0, 0.05) is 11.3 Å². The van der Waals surface area contributed by atoms with Crippen LogP contribution in [0.3, 0.4) is 0 Å². The molecule has 0 atom stereocenters. The van der Waals surface area contributed by atoms with Gasteiger partial charge in [0.15, 0.2) is 0 Å². The van der Waals surface area contributed by atoms with Crippen LogP contribution in [0.15, 0.2) is 46.6 Å². The molecular weight excluding hydrogens is 322 g/mol. The molecule has 0 unspecified atom stereocenters. The lowest BCUT2D eigenvalue weighted by molar-refractivity contribution is -0.116. The first-order valence-corrected chi connectivity index (χ1v) is 8.75. The Hall–Kier alpha value is -2.47. The standard InChI is InChI=1S/C18H19N3O2S/c1-12(2)10-16-19-15-8-4-3-7-14(15)18(23)21(16)20-17(22)11-13-6-5-9-24-13/h3-9,12H,10-11H2,1-2H3,(H,20,22). The summed E-state index contributed by atoms with van der Waals surface area (Å²) >= 11 is 1.52. The summed E-state index contributed by atoms with van der Waals surface area (Å²) in [5.74, 6) is 0.674. The molecule has 5 nitrogen and oxygen atoms in total. The van der Waals surface area contributed by atoms with Crippen molar-refractivity contribution in [3.05, 3.63) is 62.8 Å². The summed E-state index contributed by atoms with van der Waals surface area (Å²) in [6.07, 6.45) is 0.859. The van der Waals surface area contributed by atoms with Gasteiger partial charge in [-0.3, -0.25) is 15.0 Å². The summed E-state index contributed by atoms with van der Waals surface area (Å²) in [6, 6.07) is 11.0. The minimum absolute atomic E-state index is 0.221. The molecule has 2 aromatic heterocycles. The largest absolute Gasteiger partial charge is 0.280 e. The van der Waals surface area contributed by atoms with Crippen LogP contribution in [-0.4, -0.2) is 15.6 Å². The van der Waals surface area contributed by atoms with Crippen LogP contribution in [-0.2, 0) is 17.6 Å². The Labute approximate surface area is 143 Å². The van der Waals surface area contributed by atoms with E-state index in [0.717, 1.165) is 4.88 Å². The summed E-state index contributed by atoms with van der Waals surface area (Å²) in [7, 11) is 0. The number of benzene rings is 1. The predicted molar refractivity (Wildman–Crippen MR) is 96.9 cm³/mol. The molecule has 1 aromatic carbocycles. The van der Waals surface area contributed by atoms with Crippen LogP contribution in [0.4, 0.5) is 0 Å². The highest BCUT2D eigenvalue weighted by atomic mass is 32.1. The molecule has 0 saturated carbocycles. The first-order valence-electron chi connectivity index (χ1n) is 7.87. The molecule has 124 valence electrons. The summed E-state index contributed by atoms with van der Waals surface area (Å²) in [6.45, 7) is 4.11. The summed E-state index contributed by atoms with van der Waals surface area (Å²) < 4.78 is 1.30. The highest BCUT2D eigenvalue weighted by molar-refractivity contribution is 7.10. The molecule has 0 saturated heterocycles. The number of thiophene rings is 1. The van der Waals surface area contributed by atoms with Crippen LogP contribution in [0, 0.1) is 5.92 Å². The van der Waals surface area contributed by atoms with Crippen molar-refractivity contribution in [1.82, 2.24) is 9.66 Å². The van der Waals surface area contributed by atoms with E-state index in [-0.39, 0.29) is 17.9 Å². The number of hydrogen-bond donors (Lipinski definition) is 1. The third kappa shape index (κ3) is 3.54. The lowest BCUT2D eigenvalue weighted by atomic mass is 10.1. The topological polar surface area (TPSA) is 64.0 Å². The second kappa shape index (κ2) is 6.97. The Kier molecular flexibility index (Phi) is 4.76. The molecule has 0 fully saturated rings. The highest BCUT2D eigenvalue weighted by Gasteiger charge is 2.14. The van der Waals surface area contributed by atoms with Crippen molar-refractivity contribution in [2.75, 3.05) is 5.43 Å². The van der Waals surface area contributed by atoms with Gasteiger partial charge in [0.25, 0.3) is 5.56 Å². The predicted octanol–water partition coefficient (Wildman–Crippen LogP) is 2.97. The number of carbonyl (C=O) groups excluding carboxylic acids is 1. The van der Waals surface area contributed by atoms with Crippen LogP contribution in [0.25, 0.3) is 10.9 Å². The second-order valence-corrected chi connectivity index (χ2v) is 7.11. The van der Waals surface area contributed by atoms with Crippen molar-refractivity contribution in [3.63, 3.8) is 0 Å². The number of carbonyl (C=O) groups is 1. The molecular formula is C18H19N3O2S. The van der Waals surface area contributed by atoms with Crippen LogP contribution in [0.1, 0.15) is 24.5 Å². The maximum atomic E-state index is 12.8. The van der Waals surface area contributed by atoms with Crippen LogP contribution < -0.4 is 11.0 Å². The van der Waals surface area contributed by atoms with Crippen molar-refractivity contribution in [3.8, 4) is 0 Å². The SMILES string of the molecule is CC(C)Cc1nc2ccccc2c(=O)n1NC(=O)Cc1cccs1. The molecule has 0 radical (unpaired) electrons. The number of hydrogen-bond acceptors (Lipinski definition) is 4. The van der Waals surface area contributed by atoms with E-state index in [9.17, 15) is 9.59 Å². The maximum Gasteiger partial charge on any atom is 0.280 e. The molecule has 2 heterocycles. The first kappa shape index (κ1) is 16.4. The van der Waals surface area contributed by atoms with E-state index in [2.05, 4.69) is 24.3 Å². The molecule has 0 aliphatic rings. The van der Waals surface area contributed by atoms with Crippen LogP contribution in [0.5, 0.6) is 0 Å². The third-order valence-electron chi connectivity index (χ3n) is 3.59. The van der Waals surface area contributed by atoms with E-state index in [0.29, 0.717) is 29.1 Å². The van der Waals surface area contributed by atoms with E-state index in [1.165, 1.54) is 16.0 Å². The molecule has 0 bridgehead atoms. The fourth-order valence-corrected chi connectivity index (χ4v) is 3.24. The Morgan fingerprint density at radius 3 is 2.75 bits per heavy atom. The van der Waals surface area contributed by atoms with E-state index in [1.807, 2.05) is 29.6 Å². The van der Waals surface area contributed by atoms with Crippen LogP contribution in [0.2, 0.25) is 0 Å². The number of amides is 1. The zero-order valence-electron chi connectivity index (χ0n) is 13.7. The molecule has 0 aliphatic carbocycles. The van der Waals surface area contributed by atoms with Crippen molar-refractivity contribution >= 4 is 28.1 Å². The molecule has 6 heteroatoms. The van der Waals surface area contributed by atoms with Crippen molar-refractivity contribution in [1.29, 1.82) is 0 Å². The minimum atomic E-state index is -0.240. The number of rotatable bonds is 5. The monoisotopic (exact) mass is 341 g/mol. The van der Waals surface area contributed by atoms with Crippen molar-refractivity contribution < 1.29 is 4.79 Å². The Morgan fingerprint density at radius 1 is 1.25 bits per heavy atom. The lowest BCUT2D eigenvalue weighted by Crippen LogP contribution is -2.37. The highest BCUT2D eigenvalue weighted by Crippen LogP contribution is 2.12. The summed E-state index contributed by atoms with van der Waals surface area (Å²) in [5.41, 5.74) is 3.14. The first-order chi connectivity index (χ1) is 11.5. The molecule has 1 amide bonds. The van der Waals surface area contributed by atoms with Gasteiger partial charge in [-0.05, 0) is 29.5 Å². The molecule has 3 aromatic rings. The van der Waals surface area contributed by atoms with Gasteiger partial charge >= 0.3 is 0 Å². The number of nitrogens with zero attached hydrogens (tertiary/aromatic N) is 2. The van der Waals surface area contributed by atoms with Crippen molar-refractivity contribution in [2.45, 2.75) is 26.7 Å². The van der Waals surface area contributed by atoms with Gasteiger partial charge in [-0.2, -0.15) is 0 Å². The Morgan fingerprint density at radius 2 is 2.04 bits per heavy atom. The number of nitrogens with one attached hydrogen (secondary N) is 1. The van der Waals surface area contributed by atoms with E-state index in [1.54, 1.807) is 12.1 Å². The van der Waals surface area contributed by atoms with Crippen molar-refractivity contribution in [2.24, 2.45) is 5.92 Å².